The molecule has 0 spiro atoms. The standard InChI is InChI=1S/C10H11Cl3OS/c1-2-8-6-3-4-7(5-6)9(8)15(14)10(11,12)13/h2-4,6-7,9H,5H2,1H3/b8-2-/t6-,7+,9+,15?/m0/s1. The first-order valence-electron chi connectivity index (χ1n) is 4.77. The topological polar surface area (TPSA) is 17.1 Å². The van der Waals surface area contributed by atoms with Gasteiger partial charge in [0, 0.05) is 0 Å². The smallest absolute Gasteiger partial charge is 0.254 e. The zero-order valence-electron chi connectivity index (χ0n) is 8.12. The van der Waals surface area contributed by atoms with E-state index in [1.54, 1.807) is 0 Å². The van der Waals surface area contributed by atoms with Gasteiger partial charge in [-0.2, -0.15) is 0 Å². The highest BCUT2D eigenvalue weighted by molar-refractivity contribution is 7.92. The molecule has 0 aromatic carbocycles. The van der Waals surface area contributed by atoms with E-state index in [-0.39, 0.29) is 11.2 Å². The maximum atomic E-state index is 12.1. The Balaban J connectivity index is 2.31. The van der Waals surface area contributed by atoms with Crippen LogP contribution < -0.4 is 0 Å². The molecule has 1 saturated carbocycles. The van der Waals surface area contributed by atoms with Crippen molar-refractivity contribution in [3.05, 3.63) is 23.8 Å². The minimum absolute atomic E-state index is 0.113. The van der Waals surface area contributed by atoms with E-state index < -0.39 is 13.9 Å². The molecule has 0 heterocycles. The summed E-state index contributed by atoms with van der Waals surface area (Å²) >= 11 is 17.1. The second-order valence-electron chi connectivity index (χ2n) is 3.84. The molecule has 1 nitrogen and oxygen atoms in total. The van der Waals surface area contributed by atoms with Gasteiger partial charge in [-0.1, -0.05) is 58.6 Å². The molecule has 0 aromatic rings. The van der Waals surface area contributed by atoms with Crippen LogP contribution >= 0.6 is 34.8 Å². The van der Waals surface area contributed by atoms with Crippen LogP contribution in [0.15, 0.2) is 23.8 Å². The first kappa shape index (κ1) is 12.0. The summed E-state index contributed by atoms with van der Waals surface area (Å²) in [5.74, 6) is 0.680. The number of alkyl halides is 3. The minimum atomic E-state index is -1.68. The van der Waals surface area contributed by atoms with Crippen molar-refractivity contribution in [3.8, 4) is 0 Å². The molecule has 0 aromatic heterocycles. The number of halogens is 3. The Morgan fingerprint density at radius 1 is 1.47 bits per heavy atom. The third kappa shape index (κ3) is 2.02. The van der Waals surface area contributed by atoms with Crippen LogP contribution in [0, 0.1) is 11.8 Å². The van der Waals surface area contributed by atoms with Gasteiger partial charge in [-0.05, 0) is 25.2 Å². The molecule has 0 aliphatic heterocycles. The maximum Gasteiger partial charge on any atom is 0.266 e. The average molecular weight is 286 g/mol. The van der Waals surface area contributed by atoms with Crippen LogP contribution in [0.25, 0.3) is 0 Å². The minimum Gasteiger partial charge on any atom is -0.254 e. The van der Waals surface area contributed by atoms with Gasteiger partial charge in [0.15, 0.2) is 0 Å². The monoisotopic (exact) mass is 284 g/mol. The molecule has 2 rings (SSSR count). The fourth-order valence-electron chi connectivity index (χ4n) is 2.46. The number of hydrogen-bond donors (Lipinski definition) is 0. The van der Waals surface area contributed by atoms with E-state index in [1.807, 2.05) is 13.0 Å². The van der Waals surface area contributed by atoms with Gasteiger partial charge in [-0.3, -0.25) is 4.21 Å². The van der Waals surface area contributed by atoms with Crippen LogP contribution in [-0.2, 0) is 10.8 Å². The van der Waals surface area contributed by atoms with Crippen molar-refractivity contribution in [2.75, 3.05) is 0 Å². The quantitative estimate of drug-likeness (QED) is 0.531. The molecule has 0 saturated heterocycles. The SMILES string of the molecule is C/C=C1/[C@H]2C=C[C@H](C2)[C@H]1S(=O)C(Cl)(Cl)Cl. The summed E-state index contributed by atoms with van der Waals surface area (Å²) < 4.78 is 10.4. The van der Waals surface area contributed by atoms with Crippen LogP contribution in [0.1, 0.15) is 13.3 Å². The molecule has 2 aliphatic rings. The second kappa shape index (κ2) is 4.06. The van der Waals surface area contributed by atoms with Gasteiger partial charge in [0.25, 0.3) is 3.12 Å². The van der Waals surface area contributed by atoms with Crippen LogP contribution in [-0.4, -0.2) is 12.6 Å². The van der Waals surface area contributed by atoms with Crippen molar-refractivity contribution in [1.82, 2.24) is 0 Å². The molecule has 0 radical (unpaired) electrons. The summed E-state index contributed by atoms with van der Waals surface area (Å²) in [4.78, 5) is 0. The summed E-state index contributed by atoms with van der Waals surface area (Å²) in [7, 11) is -1.47. The Labute approximate surface area is 107 Å². The van der Waals surface area contributed by atoms with Crippen molar-refractivity contribution in [2.24, 2.45) is 11.8 Å². The molecule has 0 amide bonds. The van der Waals surface area contributed by atoms with Crippen LogP contribution in [0.5, 0.6) is 0 Å². The second-order valence-corrected chi connectivity index (χ2v) is 8.51. The van der Waals surface area contributed by atoms with E-state index >= 15 is 0 Å². The fraction of sp³-hybridized carbons (Fsp3) is 0.600. The highest BCUT2D eigenvalue weighted by atomic mass is 35.6. The molecule has 1 unspecified atom stereocenters. The van der Waals surface area contributed by atoms with E-state index in [4.69, 9.17) is 34.8 Å². The first-order valence-corrected chi connectivity index (χ1v) is 7.11. The number of fused-ring (bicyclic) bond motifs is 2. The fourth-order valence-corrected chi connectivity index (χ4v) is 4.69. The molecule has 0 N–H and O–H groups in total. The van der Waals surface area contributed by atoms with Crippen LogP contribution in [0.3, 0.4) is 0 Å². The Morgan fingerprint density at radius 3 is 2.67 bits per heavy atom. The number of rotatable bonds is 1. The van der Waals surface area contributed by atoms with Crippen LogP contribution in [0.4, 0.5) is 0 Å². The summed E-state index contributed by atoms with van der Waals surface area (Å²) in [5.41, 5.74) is 1.16. The van der Waals surface area contributed by atoms with Gasteiger partial charge in [0.05, 0.1) is 16.0 Å². The lowest BCUT2D eigenvalue weighted by Gasteiger charge is -2.24. The Kier molecular flexibility index (Phi) is 3.24. The van der Waals surface area contributed by atoms with Gasteiger partial charge in [0.1, 0.15) is 0 Å². The predicted molar refractivity (Wildman–Crippen MR) is 66.7 cm³/mol. The van der Waals surface area contributed by atoms with Gasteiger partial charge >= 0.3 is 0 Å². The number of allylic oxidation sites excluding steroid dienone is 3. The third-order valence-corrected chi connectivity index (χ3v) is 5.96. The maximum absolute atomic E-state index is 12.1. The first-order chi connectivity index (χ1) is 6.95. The van der Waals surface area contributed by atoms with Gasteiger partial charge in [-0.25, -0.2) is 0 Å². The highest BCUT2D eigenvalue weighted by Crippen LogP contribution is 2.49. The molecule has 84 valence electrons. The van der Waals surface area contributed by atoms with Crippen molar-refractivity contribution in [1.29, 1.82) is 0 Å². The van der Waals surface area contributed by atoms with E-state index in [0.717, 1.165) is 12.0 Å². The van der Waals surface area contributed by atoms with Crippen molar-refractivity contribution in [3.63, 3.8) is 0 Å². The molecule has 4 atom stereocenters. The van der Waals surface area contributed by atoms with Crippen molar-refractivity contribution in [2.45, 2.75) is 21.7 Å². The lowest BCUT2D eigenvalue weighted by Crippen LogP contribution is -2.30. The zero-order valence-corrected chi connectivity index (χ0v) is 11.2. The summed E-state index contributed by atoms with van der Waals surface area (Å²) in [6, 6.07) is 0. The van der Waals surface area contributed by atoms with E-state index in [0.29, 0.717) is 5.92 Å². The lowest BCUT2D eigenvalue weighted by atomic mass is 10.0. The van der Waals surface area contributed by atoms with E-state index in [1.165, 1.54) is 0 Å². The molecule has 2 aliphatic carbocycles. The van der Waals surface area contributed by atoms with Gasteiger partial charge < -0.3 is 0 Å². The molecule has 15 heavy (non-hydrogen) atoms. The molecular weight excluding hydrogens is 275 g/mol. The third-order valence-electron chi connectivity index (χ3n) is 3.05. The molecule has 2 bridgehead atoms. The van der Waals surface area contributed by atoms with Crippen molar-refractivity contribution >= 4 is 45.6 Å². The predicted octanol–water partition coefficient (Wildman–Crippen LogP) is 3.58. The lowest BCUT2D eigenvalue weighted by molar-refractivity contribution is 0.652. The Hall–Kier alpha value is 0.500. The zero-order chi connectivity index (χ0) is 11.2. The van der Waals surface area contributed by atoms with Crippen LogP contribution in [0.2, 0.25) is 0 Å². The summed E-state index contributed by atoms with van der Waals surface area (Å²) in [6.07, 6.45) is 7.27. The molecule has 5 heteroatoms. The van der Waals surface area contributed by atoms with E-state index in [2.05, 4.69) is 12.2 Å². The van der Waals surface area contributed by atoms with Gasteiger partial charge in [-0.15, -0.1) is 0 Å². The summed E-state index contributed by atoms with van der Waals surface area (Å²) in [5, 5.41) is -0.113. The average Bonchev–Trinajstić information content (AvgIpc) is 2.73. The van der Waals surface area contributed by atoms with E-state index in [9.17, 15) is 4.21 Å². The van der Waals surface area contributed by atoms with Gasteiger partial charge in [0.2, 0.25) is 0 Å². The largest absolute Gasteiger partial charge is 0.266 e. The highest BCUT2D eigenvalue weighted by Gasteiger charge is 2.48. The summed E-state index contributed by atoms with van der Waals surface area (Å²) in [6.45, 7) is 1.95. The Bertz CT molecular complexity index is 356. The molecular formula is C10H11Cl3OS. The number of hydrogen-bond acceptors (Lipinski definition) is 1. The van der Waals surface area contributed by atoms with Crippen molar-refractivity contribution < 1.29 is 4.21 Å². The molecule has 1 fully saturated rings. The Morgan fingerprint density at radius 2 is 2.13 bits per heavy atom. The normalized spacial score (nSPS) is 38.9.